The van der Waals surface area contributed by atoms with Gasteiger partial charge in [0.15, 0.2) is 0 Å². The molecule has 1 aliphatic heterocycles. The monoisotopic (exact) mass is 373 g/mol. The first-order valence-electron chi connectivity index (χ1n) is 9.59. The van der Waals surface area contributed by atoms with Crippen molar-refractivity contribution in [2.45, 2.75) is 50.9 Å². The zero-order chi connectivity index (χ0) is 17.9. The maximum atomic E-state index is 12.7. The van der Waals surface area contributed by atoms with E-state index in [1.165, 1.54) is 19.3 Å². The van der Waals surface area contributed by atoms with Crippen LogP contribution in [0.15, 0.2) is 28.8 Å². The minimum absolute atomic E-state index is 0.228. The van der Waals surface area contributed by atoms with E-state index in [2.05, 4.69) is 10.1 Å². The van der Waals surface area contributed by atoms with Crippen LogP contribution in [0.2, 0.25) is 5.02 Å². The number of nitrogens with zero attached hydrogens (tertiary/aromatic N) is 3. The number of rotatable bonds is 3. The topological polar surface area (TPSA) is 59.2 Å². The molecular weight excluding hydrogens is 350 g/mol. The highest BCUT2D eigenvalue weighted by Gasteiger charge is 2.31. The first-order valence-corrected chi connectivity index (χ1v) is 9.97. The summed E-state index contributed by atoms with van der Waals surface area (Å²) in [5.74, 6) is 2.07. The molecule has 1 aliphatic carbocycles. The van der Waals surface area contributed by atoms with Gasteiger partial charge in [0, 0.05) is 35.5 Å². The second-order valence-electron chi connectivity index (χ2n) is 7.40. The van der Waals surface area contributed by atoms with Gasteiger partial charge in [0.05, 0.1) is 0 Å². The lowest BCUT2D eigenvalue weighted by molar-refractivity contribution is -0.137. The van der Waals surface area contributed by atoms with Crippen LogP contribution in [0.1, 0.15) is 56.8 Å². The highest BCUT2D eigenvalue weighted by atomic mass is 35.5. The molecular formula is C20H24ClN3O2. The van der Waals surface area contributed by atoms with Crippen molar-refractivity contribution in [1.29, 1.82) is 0 Å². The molecule has 5 nitrogen and oxygen atoms in total. The maximum Gasteiger partial charge on any atom is 0.230 e. The molecule has 0 N–H and O–H groups in total. The third kappa shape index (κ3) is 3.78. The highest BCUT2D eigenvalue weighted by Crippen LogP contribution is 2.31. The number of piperidine rings is 1. The number of halogens is 1. The molecule has 0 atom stereocenters. The Bertz CT molecular complexity index is 762. The van der Waals surface area contributed by atoms with Crippen molar-refractivity contribution in [3.8, 4) is 11.4 Å². The van der Waals surface area contributed by atoms with Crippen LogP contribution in [0.5, 0.6) is 0 Å². The van der Waals surface area contributed by atoms with Crippen LogP contribution in [0.25, 0.3) is 11.4 Å². The van der Waals surface area contributed by atoms with E-state index in [-0.39, 0.29) is 11.8 Å². The Labute approximate surface area is 158 Å². The van der Waals surface area contributed by atoms with Crippen LogP contribution in [-0.4, -0.2) is 34.0 Å². The molecule has 1 aromatic heterocycles. The number of likely N-dealkylation sites (tertiary alicyclic amines) is 1. The second kappa shape index (κ2) is 7.78. The molecule has 1 saturated carbocycles. The lowest BCUT2D eigenvalue weighted by Gasteiger charge is -2.34. The van der Waals surface area contributed by atoms with Crippen LogP contribution in [0.4, 0.5) is 0 Å². The maximum absolute atomic E-state index is 12.7. The van der Waals surface area contributed by atoms with E-state index in [0.29, 0.717) is 22.6 Å². The fourth-order valence-electron chi connectivity index (χ4n) is 4.10. The average molecular weight is 374 g/mol. The van der Waals surface area contributed by atoms with Crippen molar-refractivity contribution in [3.05, 3.63) is 35.2 Å². The van der Waals surface area contributed by atoms with Gasteiger partial charge >= 0.3 is 0 Å². The van der Waals surface area contributed by atoms with E-state index in [0.717, 1.165) is 44.3 Å². The zero-order valence-electron chi connectivity index (χ0n) is 14.9. The van der Waals surface area contributed by atoms with Crippen molar-refractivity contribution >= 4 is 17.5 Å². The Balaban J connectivity index is 1.37. The SMILES string of the molecule is O=C(C1CCCCC1)N1CCC(c2nc(-c3cccc(Cl)c3)no2)CC1. The third-order valence-corrected chi connectivity index (χ3v) is 5.87. The molecule has 26 heavy (non-hydrogen) atoms. The van der Waals surface area contributed by atoms with Gasteiger partial charge in [0.25, 0.3) is 0 Å². The molecule has 0 radical (unpaired) electrons. The second-order valence-corrected chi connectivity index (χ2v) is 7.84. The van der Waals surface area contributed by atoms with E-state index in [1.807, 2.05) is 29.2 Å². The summed E-state index contributed by atoms with van der Waals surface area (Å²) in [4.78, 5) is 19.3. The summed E-state index contributed by atoms with van der Waals surface area (Å²) in [5, 5.41) is 4.76. The van der Waals surface area contributed by atoms with Gasteiger partial charge in [-0.15, -0.1) is 0 Å². The molecule has 1 saturated heterocycles. The number of hydrogen-bond acceptors (Lipinski definition) is 4. The fraction of sp³-hybridized carbons (Fsp3) is 0.550. The van der Waals surface area contributed by atoms with Crippen LogP contribution < -0.4 is 0 Å². The predicted octanol–water partition coefficient (Wildman–Crippen LogP) is 4.68. The molecule has 1 amide bonds. The summed E-state index contributed by atoms with van der Waals surface area (Å²) >= 11 is 6.04. The van der Waals surface area contributed by atoms with Crippen molar-refractivity contribution in [3.63, 3.8) is 0 Å². The molecule has 2 fully saturated rings. The number of benzene rings is 1. The van der Waals surface area contributed by atoms with E-state index in [4.69, 9.17) is 16.1 Å². The summed E-state index contributed by atoms with van der Waals surface area (Å²) in [7, 11) is 0. The largest absolute Gasteiger partial charge is 0.342 e. The molecule has 0 spiro atoms. The lowest BCUT2D eigenvalue weighted by Crippen LogP contribution is -2.41. The summed E-state index contributed by atoms with van der Waals surface area (Å²) in [6, 6.07) is 7.46. The quantitative estimate of drug-likeness (QED) is 0.783. The number of hydrogen-bond donors (Lipinski definition) is 0. The molecule has 6 heteroatoms. The van der Waals surface area contributed by atoms with E-state index < -0.39 is 0 Å². The number of carbonyl (C=O) groups excluding carboxylic acids is 1. The van der Waals surface area contributed by atoms with Crippen LogP contribution >= 0.6 is 11.6 Å². The van der Waals surface area contributed by atoms with Gasteiger partial charge in [0.2, 0.25) is 17.6 Å². The molecule has 2 aromatic rings. The van der Waals surface area contributed by atoms with Crippen LogP contribution in [0, 0.1) is 5.92 Å². The molecule has 0 bridgehead atoms. The van der Waals surface area contributed by atoms with Gasteiger partial charge in [-0.2, -0.15) is 4.98 Å². The van der Waals surface area contributed by atoms with Gasteiger partial charge in [-0.05, 0) is 37.8 Å². The third-order valence-electron chi connectivity index (χ3n) is 5.63. The summed E-state index contributed by atoms with van der Waals surface area (Å²) in [5.41, 5.74) is 0.859. The van der Waals surface area contributed by atoms with Crippen molar-refractivity contribution in [2.24, 2.45) is 5.92 Å². The smallest absolute Gasteiger partial charge is 0.230 e. The zero-order valence-corrected chi connectivity index (χ0v) is 15.6. The first-order chi connectivity index (χ1) is 12.7. The molecule has 1 aromatic carbocycles. The number of carbonyl (C=O) groups is 1. The van der Waals surface area contributed by atoms with Crippen molar-refractivity contribution in [1.82, 2.24) is 15.0 Å². The van der Waals surface area contributed by atoms with Gasteiger partial charge < -0.3 is 9.42 Å². The number of aromatic nitrogens is 2. The predicted molar refractivity (Wildman–Crippen MR) is 99.9 cm³/mol. The van der Waals surface area contributed by atoms with Crippen molar-refractivity contribution < 1.29 is 9.32 Å². The molecule has 2 heterocycles. The van der Waals surface area contributed by atoms with Crippen LogP contribution in [0.3, 0.4) is 0 Å². The molecule has 4 rings (SSSR count). The Kier molecular flexibility index (Phi) is 5.25. The lowest BCUT2D eigenvalue weighted by atomic mass is 9.87. The Morgan fingerprint density at radius 1 is 1.12 bits per heavy atom. The highest BCUT2D eigenvalue weighted by molar-refractivity contribution is 6.30. The Hall–Kier alpha value is -1.88. The minimum atomic E-state index is 0.228. The Morgan fingerprint density at radius 3 is 2.62 bits per heavy atom. The van der Waals surface area contributed by atoms with Crippen LogP contribution in [-0.2, 0) is 4.79 Å². The average Bonchev–Trinajstić information content (AvgIpc) is 3.18. The number of amides is 1. The van der Waals surface area contributed by atoms with Gasteiger partial charge in [-0.3, -0.25) is 4.79 Å². The normalized spacial score (nSPS) is 19.7. The minimum Gasteiger partial charge on any atom is -0.342 e. The Morgan fingerprint density at radius 2 is 1.88 bits per heavy atom. The molecule has 138 valence electrons. The standard InChI is InChI=1S/C20H24ClN3O2/c21-17-8-4-7-16(13-17)18-22-19(26-23-18)14-9-11-24(12-10-14)20(25)15-5-2-1-3-6-15/h4,7-8,13-15H,1-3,5-6,9-12H2. The van der Waals surface area contributed by atoms with E-state index in [1.54, 1.807) is 0 Å². The fourth-order valence-corrected chi connectivity index (χ4v) is 4.29. The molecule has 2 aliphatic rings. The van der Waals surface area contributed by atoms with Crippen molar-refractivity contribution in [2.75, 3.05) is 13.1 Å². The summed E-state index contributed by atoms with van der Waals surface area (Å²) < 4.78 is 5.50. The summed E-state index contributed by atoms with van der Waals surface area (Å²) in [6.45, 7) is 1.57. The van der Waals surface area contributed by atoms with Gasteiger partial charge in [0.1, 0.15) is 0 Å². The first kappa shape index (κ1) is 17.5. The van der Waals surface area contributed by atoms with Gasteiger partial charge in [-0.1, -0.05) is 48.2 Å². The van der Waals surface area contributed by atoms with E-state index >= 15 is 0 Å². The summed E-state index contributed by atoms with van der Waals surface area (Å²) in [6.07, 6.45) is 7.56. The molecule has 0 unspecified atom stereocenters. The van der Waals surface area contributed by atoms with Gasteiger partial charge in [-0.25, -0.2) is 0 Å². The van der Waals surface area contributed by atoms with E-state index in [9.17, 15) is 4.79 Å².